The maximum atomic E-state index is 12.0. The van der Waals surface area contributed by atoms with Crippen LogP contribution in [-0.2, 0) is 4.79 Å². The Morgan fingerprint density at radius 3 is 2.44 bits per heavy atom. The SMILES string of the molecule is COc1cc(C(C)=O)ccc1OCC(=O)Nc1nc(C)c(C(C)=O)s1. The molecule has 0 saturated carbocycles. The van der Waals surface area contributed by atoms with Crippen LogP contribution in [0, 0.1) is 6.92 Å². The third-order valence-electron chi connectivity index (χ3n) is 3.29. The topological polar surface area (TPSA) is 94.6 Å². The van der Waals surface area contributed by atoms with Gasteiger partial charge in [-0.1, -0.05) is 11.3 Å². The van der Waals surface area contributed by atoms with Crippen molar-refractivity contribution >= 4 is 33.9 Å². The van der Waals surface area contributed by atoms with E-state index in [2.05, 4.69) is 10.3 Å². The van der Waals surface area contributed by atoms with E-state index >= 15 is 0 Å². The molecule has 0 aliphatic heterocycles. The number of nitrogens with zero attached hydrogens (tertiary/aromatic N) is 1. The maximum Gasteiger partial charge on any atom is 0.264 e. The molecular formula is C17H18N2O5S. The number of amides is 1. The number of ether oxygens (including phenoxy) is 2. The number of anilines is 1. The van der Waals surface area contributed by atoms with Crippen molar-refractivity contribution in [3.63, 3.8) is 0 Å². The Morgan fingerprint density at radius 1 is 1.16 bits per heavy atom. The lowest BCUT2D eigenvalue weighted by Crippen LogP contribution is -2.20. The number of methoxy groups -OCH3 is 1. The van der Waals surface area contributed by atoms with Crippen LogP contribution >= 0.6 is 11.3 Å². The average molecular weight is 362 g/mol. The summed E-state index contributed by atoms with van der Waals surface area (Å²) < 4.78 is 10.6. The van der Waals surface area contributed by atoms with E-state index in [0.717, 1.165) is 11.3 Å². The first-order chi connectivity index (χ1) is 11.8. The minimum absolute atomic E-state index is 0.0944. The smallest absolute Gasteiger partial charge is 0.264 e. The summed E-state index contributed by atoms with van der Waals surface area (Å²) in [6.45, 7) is 4.35. The van der Waals surface area contributed by atoms with Crippen LogP contribution in [0.15, 0.2) is 18.2 Å². The van der Waals surface area contributed by atoms with E-state index in [4.69, 9.17) is 9.47 Å². The van der Waals surface area contributed by atoms with Crippen molar-refractivity contribution in [2.45, 2.75) is 20.8 Å². The molecule has 1 amide bonds. The van der Waals surface area contributed by atoms with E-state index in [1.165, 1.54) is 21.0 Å². The molecule has 8 heteroatoms. The Morgan fingerprint density at radius 2 is 1.88 bits per heavy atom. The van der Waals surface area contributed by atoms with Gasteiger partial charge in [-0.05, 0) is 32.0 Å². The van der Waals surface area contributed by atoms with Crippen LogP contribution in [0.2, 0.25) is 0 Å². The van der Waals surface area contributed by atoms with Gasteiger partial charge in [-0.3, -0.25) is 19.7 Å². The number of aryl methyl sites for hydroxylation is 1. The first kappa shape index (κ1) is 18.6. The molecule has 1 aromatic heterocycles. The van der Waals surface area contributed by atoms with Crippen molar-refractivity contribution in [3.05, 3.63) is 34.3 Å². The van der Waals surface area contributed by atoms with Gasteiger partial charge in [0.2, 0.25) is 0 Å². The lowest BCUT2D eigenvalue weighted by molar-refractivity contribution is -0.118. The number of ketones is 2. The first-order valence-corrected chi connectivity index (χ1v) is 8.23. The van der Waals surface area contributed by atoms with Crippen LogP contribution in [0.4, 0.5) is 5.13 Å². The Kier molecular flexibility index (Phi) is 5.87. The highest BCUT2D eigenvalue weighted by atomic mass is 32.1. The number of rotatable bonds is 7. The van der Waals surface area contributed by atoms with E-state index < -0.39 is 5.91 Å². The van der Waals surface area contributed by atoms with Gasteiger partial charge in [0.15, 0.2) is 34.8 Å². The van der Waals surface area contributed by atoms with E-state index in [-0.39, 0.29) is 18.2 Å². The molecule has 1 heterocycles. The van der Waals surface area contributed by atoms with Crippen LogP contribution < -0.4 is 14.8 Å². The summed E-state index contributed by atoms with van der Waals surface area (Å²) in [7, 11) is 1.45. The Hall–Kier alpha value is -2.74. The van der Waals surface area contributed by atoms with Crippen LogP contribution in [0.1, 0.15) is 39.6 Å². The number of nitrogens with one attached hydrogen (secondary N) is 1. The minimum Gasteiger partial charge on any atom is -0.493 e. The van der Waals surface area contributed by atoms with Crippen LogP contribution in [0.25, 0.3) is 0 Å². The van der Waals surface area contributed by atoms with Gasteiger partial charge in [-0.15, -0.1) is 0 Å². The molecule has 1 aromatic carbocycles. The highest BCUT2D eigenvalue weighted by molar-refractivity contribution is 7.17. The van der Waals surface area contributed by atoms with Crippen molar-refractivity contribution in [3.8, 4) is 11.5 Å². The van der Waals surface area contributed by atoms with E-state index in [0.29, 0.717) is 32.8 Å². The molecule has 0 aliphatic carbocycles. The lowest BCUT2D eigenvalue weighted by Gasteiger charge is -2.11. The number of carbonyl (C=O) groups is 3. The largest absolute Gasteiger partial charge is 0.493 e. The predicted octanol–water partition coefficient (Wildman–Crippen LogP) is 2.88. The third-order valence-corrected chi connectivity index (χ3v) is 4.47. The fraction of sp³-hybridized carbons (Fsp3) is 0.294. The molecule has 7 nitrogen and oxygen atoms in total. The van der Waals surface area contributed by atoms with Crippen molar-refractivity contribution in [1.29, 1.82) is 0 Å². The summed E-state index contributed by atoms with van der Waals surface area (Å²) in [4.78, 5) is 39.5. The highest BCUT2D eigenvalue weighted by Crippen LogP contribution is 2.28. The monoisotopic (exact) mass is 362 g/mol. The Labute approximate surface area is 149 Å². The van der Waals surface area contributed by atoms with E-state index in [9.17, 15) is 14.4 Å². The molecule has 132 valence electrons. The van der Waals surface area contributed by atoms with Crippen molar-refractivity contribution in [2.24, 2.45) is 0 Å². The van der Waals surface area contributed by atoms with Crippen LogP contribution in [0.5, 0.6) is 11.5 Å². The molecule has 0 atom stereocenters. The molecule has 25 heavy (non-hydrogen) atoms. The lowest BCUT2D eigenvalue weighted by atomic mass is 10.1. The van der Waals surface area contributed by atoms with Gasteiger partial charge < -0.3 is 9.47 Å². The first-order valence-electron chi connectivity index (χ1n) is 7.41. The normalized spacial score (nSPS) is 10.2. The van der Waals surface area contributed by atoms with E-state index in [1.807, 2.05) is 0 Å². The van der Waals surface area contributed by atoms with Crippen molar-refractivity contribution in [1.82, 2.24) is 4.98 Å². The predicted molar refractivity (Wildman–Crippen MR) is 94.0 cm³/mol. The number of hydrogen-bond donors (Lipinski definition) is 1. The fourth-order valence-electron chi connectivity index (χ4n) is 2.08. The third kappa shape index (κ3) is 4.63. The summed E-state index contributed by atoms with van der Waals surface area (Å²) in [5.74, 6) is 0.110. The summed E-state index contributed by atoms with van der Waals surface area (Å²) in [5.41, 5.74) is 1.07. The molecule has 0 spiro atoms. The number of benzene rings is 1. The van der Waals surface area contributed by atoms with Crippen LogP contribution in [-0.4, -0.2) is 36.2 Å². The van der Waals surface area contributed by atoms with Gasteiger partial charge >= 0.3 is 0 Å². The molecule has 0 unspecified atom stereocenters. The van der Waals surface area contributed by atoms with Gasteiger partial charge in [-0.2, -0.15) is 0 Å². The number of Topliss-reactive ketones (excluding diaryl/α,β-unsaturated/α-hetero) is 2. The molecule has 0 fully saturated rings. The van der Waals surface area contributed by atoms with Crippen molar-refractivity contribution in [2.75, 3.05) is 19.0 Å². The number of thiazole rings is 1. The second-order valence-electron chi connectivity index (χ2n) is 5.25. The quantitative estimate of drug-likeness (QED) is 0.761. The van der Waals surface area contributed by atoms with Crippen LogP contribution in [0.3, 0.4) is 0 Å². The number of hydrogen-bond acceptors (Lipinski definition) is 7. The molecule has 2 aromatic rings. The number of carbonyl (C=O) groups excluding carboxylic acids is 3. The zero-order valence-corrected chi connectivity index (χ0v) is 15.2. The highest BCUT2D eigenvalue weighted by Gasteiger charge is 2.15. The summed E-state index contributed by atoms with van der Waals surface area (Å²) in [5, 5.41) is 2.93. The van der Waals surface area contributed by atoms with Gasteiger partial charge in [0.05, 0.1) is 17.7 Å². The maximum absolute atomic E-state index is 12.0. The second kappa shape index (κ2) is 7.89. The molecule has 0 aliphatic rings. The van der Waals surface area contributed by atoms with Gasteiger partial charge in [0.1, 0.15) is 0 Å². The van der Waals surface area contributed by atoms with E-state index in [1.54, 1.807) is 25.1 Å². The molecule has 0 saturated heterocycles. The standard InChI is InChI=1S/C17H18N2O5S/c1-9-16(11(3)21)25-17(18-9)19-15(22)8-24-13-6-5-12(10(2)20)7-14(13)23-4/h5-7H,8H2,1-4H3,(H,18,19,22). The molecule has 1 N–H and O–H groups in total. The molecular weight excluding hydrogens is 344 g/mol. The zero-order valence-electron chi connectivity index (χ0n) is 14.3. The van der Waals surface area contributed by atoms with Gasteiger partial charge in [0.25, 0.3) is 5.91 Å². The molecule has 0 bridgehead atoms. The van der Waals surface area contributed by atoms with Gasteiger partial charge in [-0.25, -0.2) is 4.98 Å². The molecule has 2 rings (SSSR count). The zero-order chi connectivity index (χ0) is 18.6. The average Bonchev–Trinajstić information content (AvgIpc) is 2.93. The Balaban J connectivity index is 2.01. The summed E-state index contributed by atoms with van der Waals surface area (Å²) in [6, 6.07) is 4.73. The Bertz CT molecular complexity index is 828. The van der Waals surface area contributed by atoms with Gasteiger partial charge in [0, 0.05) is 12.5 Å². The molecule has 0 radical (unpaired) electrons. The van der Waals surface area contributed by atoms with Crippen molar-refractivity contribution < 1.29 is 23.9 Å². The summed E-state index contributed by atoms with van der Waals surface area (Å²) >= 11 is 1.12. The minimum atomic E-state index is -0.415. The number of aromatic nitrogens is 1. The summed E-state index contributed by atoms with van der Waals surface area (Å²) in [6.07, 6.45) is 0. The second-order valence-corrected chi connectivity index (χ2v) is 6.25. The fourth-order valence-corrected chi connectivity index (χ4v) is 2.96.